The highest BCUT2D eigenvalue weighted by atomic mass is 15.1. The van der Waals surface area contributed by atoms with Gasteiger partial charge < -0.3 is 20.4 Å². The Morgan fingerprint density at radius 1 is 0.920 bits per heavy atom. The van der Waals surface area contributed by atoms with E-state index in [1.165, 1.54) is 16.6 Å². The van der Waals surface area contributed by atoms with Crippen molar-refractivity contribution in [3.63, 3.8) is 0 Å². The van der Waals surface area contributed by atoms with Crippen LogP contribution in [-0.2, 0) is 7.05 Å². The fourth-order valence-corrected chi connectivity index (χ4v) is 2.65. The van der Waals surface area contributed by atoms with Crippen molar-refractivity contribution in [2.75, 3.05) is 54.4 Å². The number of nitrogens with zero attached hydrogens (tertiary/aromatic N) is 3. The summed E-state index contributed by atoms with van der Waals surface area (Å²) in [4.78, 5) is 4.36. The highest BCUT2D eigenvalue weighted by Gasteiger charge is 2.10. The van der Waals surface area contributed by atoms with E-state index in [1.807, 2.05) is 0 Å². The second-order valence-electron chi connectivity index (χ2n) is 6.89. The van der Waals surface area contributed by atoms with Crippen molar-refractivity contribution >= 4 is 17.0 Å². The quantitative estimate of drug-likeness (QED) is 0.673. The molecule has 1 heterocycles. The van der Waals surface area contributed by atoms with E-state index in [0.717, 1.165) is 32.0 Å². The first kappa shape index (κ1) is 19.2. The molecule has 1 aromatic heterocycles. The molecule has 0 saturated heterocycles. The molecule has 0 aliphatic carbocycles. The fraction of sp³-hybridized carbons (Fsp3) is 0.450. The van der Waals surface area contributed by atoms with Crippen molar-refractivity contribution in [3.05, 3.63) is 47.9 Å². The molecular formula is C20H32N5+. The van der Waals surface area contributed by atoms with Crippen molar-refractivity contribution in [1.29, 1.82) is 0 Å². The third kappa shape index (κ3) is 6.03. The van der Waals surface area contributed by atoms with Gasteiger partial charge >= 0.3 is 0 Å². The average molecular weight is 343 g/mol. The van der Waals surface area contributed by atoms with Crippen molar-refractivity contribution in [2.24, 2.45) is 7.05 Å². The molecule has 0 aliphatic rings. The van der Waals surface area contributed by atoms with E-state index in [-0.39, 0.29) is 0 Å². The number of nitrogens with one attached hydrogen (secondary N) is 2. The Morgan fingerprint density at radius 2 is 1.52 bits per heavy atom. The maximum absolute atomic E-state index is 3.53. The summed E-state index contributed by atoms with van der Waals surface area (Å²) in [5.74, 6) is 1.06. The van der Waals surface area contributed by atoms with Gasteiger partial charge in [-0.15, -0.1) is 0 Å². The SMILES string of the molecule is CN(C)CCNC(=Cc1ccc2ccccc2[n+]1C)NCCN(C)C. The van der Waals surface area contributed by atoms with Crippen molar-refractivity contribution in [3.8, 4) is 0 Å². The Morgan fingerprint density at radius 3 is 2.12 bits per heavy atom. The smallest absolute Gasteiger partial charge is 0.212 e. The lowest BCUT2D eigenvalue weighted by Gasteiger charge is -2.17. The normalized spacial score (nSPS) is 11.2. The molecule has 0 amide bonds. The summed E-state index contributed by atoms with van der Waals surface area (Å²) in [5, 5.41) is 8.30. The number of hydrogen-bond donors (Lipinski definition) is 2. The number of likely N-dealkylation sites (N-methyl/N-ethyl adjacent to an activating group) is 2. The summed E-state index contributed by atoms with van der Waals surface area (Å²) >= 11 is 0. The topological polar surface area (TPSA) is 34.4 Å². The van der Waals surface area contributed by atoms with E-state index in [0.29, 0.717) is 0 Å². The van der Waals surface area contributed by atoms with Crippen LogP contribution in [0.15, 0.2) is 42.2 Å². The highest BCUT2D eigenvalue weighted by molar-refractivity contribution is 5.76. The molecule has 0 atom stereocenters. The van der Waals surface area contributed by atoms with E-state index >= 15 is 0 Å². The first-order chi connectivity index (χ1) is 12.0. The minimum atomic E-state index is 0.908. The molecule has 0 radical (unpaired) electrons. The van der Waals surface area contributed by atoms with Gasteiger partial charge in [-0.3, -0.25) is 0 Å². The van der Waals surface area contributed by atoms with Gasteiger partial charge in [-0.1, -0.05) is 12.1 Å². The molecule has 0 unspecified atom stereocenters. The van der Waals surface area contributed by atoms with Crippen LogP contribution in [-0.4, -0.2) is 64.2 Å². The molecule has 0 fully saturated rings. The number of pyridine rings is 1. The van der Waals surface area contributed by atoms with Crippen molar-refractivity contribution < 1.29 is 4.57 Å². The third-order valence-electron chi connectivity index (χ3n) is 4.16. The van der Waals surface area contributed by atoms with E-state index in [2.05, 4.69) is 103 Å². The Balaban J connectivity index is 2.20. The van der Waals surface area contributed by atoms with Crippen LogP contribution in [0.2, 0.25) is 0 Å². The number of aromatic nitrogens is 1. The number of para-hydroxylation sites is 1. The van der Waals surface area contributed by atoms with Crippen LogP contribution in [0.5, 0.6) is 0 Å². The monoisotopic (exact) mass is 342 g/mol. The van der Waals surface area contributed by atoms with Crippen LogP contribution >= 0.6 is 0 Å². The van der Waals surface area contributed by atoms with Gasteiger partial charge in [0.25, 0.3) is 0 Å². The molecule has 25 heavy (non-hydrogen) atoms. The Labute approximate surface area is 151 Å². The molecule has 2 N–H and O–H groups in total. The van der Waals surface area contributed by atoms with Crippen LogP contribution in [0.4, 0.5) is 0 Å². The maximum atomic E-state index is 3.53. The molecule has 0 aliphatic heterocycles. The summed E-state index contributed by atoms with van der Waals surface area (Å²) < 4.78 is 2.23. The van der Waals surface area contributed by atoms with E-state index < -0.39 is 0 Å². The fourth-order valence-electron chi connectivity index (χ4n) is 2.65. The molecule has 136 valence electrons. The molecular weight excluding hydrogens is 310 g/mol. The number of rotatable bonds is 9. The van der Waals surface area contributed by atoms with Gasteiger partial charge in [0.2, 0.25) is 11.2 Å². The van der Waals surface area contributed by atoms with Crippen molar-refractivity contribution in [1.82, 2.24) is 20.4 Å². The molecule has 0 bridgehead atoms. The van der Waals surface area contributed by atoms with E-state index in [4.69, 9.17) is 0 Å². The van der Waals surface area contributed by atoms with Crippen LogP contribution in [0.3, 0.4) is 0 Å². The second-order valence-corrected chi connectivity index (χ2v) is 6.89. The predicted octanol–water partition coefficient (Wildman–Crippen LogP) is 1.27. The number of aryl methyl sites for hydroxylation is 1. The Bertz CT molecular complexity index is 690. The standard InChI is InChI=1S/C20H31N5/c1-23(2)14-12-21-20(22-13-15-24(3)4)16-18-11-10-17-8-6-7-9-19(17)25(18)5/h6-11,16H,12-15H2,1-5H3,(H,21,22)/p+1. The first-order valence-electron chi connectivity index (χ1n) is 8.84. The van der Waals surface area contributed by atoms with Crippen LogP contribution < -0.4 is 15.2 Å². The molecule has 2 aromatic rings. The first-order valence-corrected chi connectivity index (χ1v) is 8.84. The second kappa shape index (κ2) is 9.39. The predicted molar refractivity (Wildman–Crippen MR) is 106 cm³/mol. The van der Waals surface area contributed by atoms with Gasteiger partial charge in [0.1, 0.15) is 12.9 Å². The molecule has 0 saturated carbocycles. The molecule has 2 rings (SSSR count). The molecule has 5 heteroatoms. The summed E-state index contributed by atoms with van der Waals surface area (Å²) in [5.41, 5.74) is 2.40. The van der Waals surface area contributed by atoms with Gasteiger partial charge in [-0.2, -0.15) is 4.57 Å². The highest BCUT2D eigenvalue weighted by Crippen LogP contribution is 2.11. The van der Waals surface area contributed by atoms with Crippen LogP contribution in [0, 0.1) is 0 Å². The zero-order chi connectivity index (χ0) is 18.2. The van der Waals surface area contributed by atoms with Crippen LogP contribution in [0.1, 0.15) is 5.69 Å². The number of benzene rings is 1. The lowest BCUT2D eigenvalue weighted by Crippen LogP contribution is -2.37. The number of hydrogen-bond acceptors (Lipinski definition) is 4. The lowest BCUT2D eigenvalue weighted by molar-refractivity contribution is -0.646. The average Bonchev–Trinajstić information content (AvgIpc) is 2.56. The van der Waals surface area contributed by atoms with Gasteiger partial charge in [0.15, 0.2) is 0 Å². The maximum Gasteiger partial charge on any atom is 0.212 e. The van der Waals surface area contributed by atoms with Crippen molar-refractivity contribution in [2.45, 2.75) is 0 Å². The minimum Gasteiger partial charge on any atom is -0.370 e. The Hall–Kier alpha value is -2.11. The summed E-state index contributed by atoms with van der Waals surface area (Å²) in [6, 6.07) is 12.8. The summed E-state index contributed by atoms with van der Waals surface area (Å²) in [6.45, 7) is 3.81. The largest absolute Gasteiger partial charge is 0.370 e. The summed E-state index contributed by atoms with van der Waals surface area (Å²) in [6.07, 6.45) is 2.19. The lowest BCUT2D eigenvalue weighted by atomic mass is 10.2. The van der Waals surface area contributed by atoms with Gasteiger partial charge in [0, 0.05) is 49.8 Å². The minimum absolute atomic E-state index is 0.908. The third-order valence-corrected chi connectivity index (χ3v) is 4.16. The zero-order valence-electron chi connectivity index (χ0n) is 16.2. The summed E-state index contributed by atoms with van der Waals surface area (Å²) in [7, 11) is 10.5. The van der Waals surface area contributed by atoms with E-state index in [1.54, 1.807) is 0 Å². The zero-order valence-corrected chi connectivity index (χ0v) is 16.2. The molecule has 1 aromatic carbocycles. The van der Waals surface area contributed by atoms with Gasteiger partial charge in [0.05, 0.1) is 0 Å². The Kier molecular flexibility index (Phi) is 7.22. The van der Waals surface area contributed by atoms with Crippen LogP contribution in [0.25, 0.3) is 17.0 Å². The van der Waals surface area contributed by atoms with Gasteiger partial charge in [-0.25, -0.2) is 0 Å². The molecule has 0 spiro atoms. The number of fused-ring (bicyclic) bond motifs is 1. The van der Waals surface area contributed by atoms with E-state index in [9.17, 15) is 0 Å². The van der Waals surface area contributed by atoms with Gasteiger partial charge in [-0.05, 0) is 40.3 Å². The molecule has 5 nitrogen and oxygen atoms in total.